The van der Waals surface area contributed by atoms with E-state index in [0.29, 0.717) is 0 Å². The van der Waals surface area contributed by atoms with E-state index in [-0.39, 0.29) is 0 Å². The molecule has 2 aromatic heterocycles. The van der Waals surface area contributed by atoms with E-state index in [4.69, 9.17) is 0 Å². The van der Waals surface area contributed by atoms with Crippen LogP contribution in [0, 0.1) is 0 Å². The molecule has 2 heteroatoms. The fourth-order valence-electron chi connectivity index (χ4n) is 2.79. The summed E-state index contributed by atoms with van der Waals surface area (Å²) in [5.41, 5.74) is 6.34. The van der Waals surface area contributed by atoms with Crippen molar-refractivity contribution >= 4 is 10.9 Å². The van der Waals surface area contributed by atoms with Crippen molar-refractivity contribution in [2.24, 2.45) is 0 Å². The maximum atomic E-state index is 4.52. The van der Waals surface area contributed by atoms with E-state index in [1.165, 1.54) is 27.7 Å². The number of hydrogen-bond acceptors (Lipinski definition) is 1. The molecule has 0 aliphatic heterocycles. The number of aryl methyl sites for hydroxylation is 2. The molecule has 17 heavy (non-hydrogen) atoms. The summed E-state index contributed by atoms with van der Waals surface area (Å²) in [6.07, 6.45) is 4.08. The highest BCUT2D eigenvalue weighted by Crippen LogP contribution is 2.35. The molecule has 0 spiro atoms. The molecule has 0 saturated heterocycles. The van der Waals surface area contributed by atoms with Crippen molar-refractivity contribution in [3.05, 3.63) is 53.7 Å². The van der Waals surface area contributed by atoms with Gasteiger partial charge in [0.1, 0.15) is 0 Å². The lowest BCUT2D eigenvalue weighted by Crippen LogP contribution is -2.04. The number of aromatic amines is 1. The van der Waals surface area contributed by atoms with E-state index < -0.39 is 0 Å². The van der Waals surface area contributed by atoms with Gasteiger partial charge in [-0.2, -0.15) is 0 Å². The first-order valence-electron chi connectivity index (χ1n) is 5.97. The molecule has 1 N–H and O–H groups in total. The summed E-state index contributed by atoms with van der Waals surface area (Å²) in [5.74, 6) is 0. The minimum Gasteiger partial charge on any atom is -0.353 e. The predicted octanol–water partition coefficient (Wildman–Crippen LogP) is 3.33. The highest BCUT2D eigenvalue weighted by atomic mass is 14.8. The minimum absolute atomic E-state index is 1.10. The van der Waals surface area contributed by atoms with Crippen LogP contribution in [0.1, 0.15) is 11.1 Å². The van der Waals surface area contributed by atoms with Gasteiger partial charge in [0, 0.05) is 17.1 Å². The Morgan fingerprint density at radius 1 is 1.00 bits per heavy atom. The van der Waals surface area contributed by atoms with Crippen molar-refractivity contribution in [3.8, 4) is 11.4 Å². The van der Waals surface area contributed by atoms with Crippen LogP contribution in [-0.4, -0.2) is 9.97 Å². The Labute approximate surface area is 99.3 Å². The number of nitrogens with one attached hydrogen (secondary N) is 1. The standard InChI is InChI=1S/C15H12N2/c1-2-6-13-11(5-1)12-8-7-10-4-3-9-16-14(10)15(12)17-13/h1-6,9,17H,7-8H2. The summed E-state index contributed by atoms with van der Waals surface area (Å²) in [7, 11) is 0. The molecule has 0 saturated carbocycles. The largest absolute Gasteiger partial charge is 0.353 e. The number of benzene rings is 1. The third kappa shape index (κ3) is 1.18. The SMILES string of the molecule is c1cnc2c(c1)CCc1c-2[nH]c2ccccc12. The van der Waals surface area contributed by atoms with Gasteiger partial charge >= 0.3 is 0 Å². The van der Waals surface area contributed by atoms with Crippen molar-refractivity contribution in [2.45, 2.75) is 12.8 Å². The highest BCUT2D eigenvalue weighted by Gasteiger charge is 2.20. The Balaban J connectivity index is 2.10. The van der Waals surface area contributed by atoms with Crippen LogP contribution in [0.5, 0.6) is 0 Å². The first-order valence-corrected chi connectivity index (χ1v) is 5.97. The van der Waals surface area contributed by atoms with Crippen molar-refractivity contribution in [3.63, 3.8) is 0 Å². The molecule has 1 aliphatic rings. The van der Waals surface area contributed by atoms with E-state index in [1.807, 2.05) is 12.3 Å². The lowest BCUT2D eigenvalue weighted by atomic mass is 9.93. The third-order valence-electron chi connectivity index (χ3n) is 3.59. The molecule has 4 rings (SSSR count). The lowest BCUT2D eigenvalue weighted by Gasteiger charge is -2.14. The quantitative estimate of drug-likeness (QED) is 0.618. The van der Waals surface area contributed by atoms with Gasteiger partial charge in [0.25, 0.3) is 0 Å². The molecule has 2 heterocycles. The number of fused-ring (bicyclic) bond motifs is 5. The number of H-pyrrole nitrogens is 1. The zero-order valence-corrected chi connectivity index (χ0v) is 9.40. The van der Waals surface area contributed by atoms with Gasteiger partial charge in [-0.3, -0.25) is 4.98 Å². The second kappa shape index (κ2) is 3.20. The molecule has 0 atom stereocenters. The predicted molar refractivity (Wildman–Crippen MR) is 68.9 cm³/mol. The normalized spacial score (nSPS) is 13.4. The molecule has 2 nitrogen and oxygen atoms in total. The summed E-state index contributed by atoms with van der Waals surface area (Å²) in [6.45, 7) is 0. The van der Waals surface area contributed by atoms with Gasteiger partial charge < -0.3 is 4.98 Å². The van der Waals surface area contributed by atoms with Gasteiger partial charge in [0.2, 0.25) is 0 Å². The maximum Gasteiger partial charge on any atom is 0.0899 e. The summed E-state index contributed by atoms with van der Waals surface area (Å²) in [5, 5.41) is 1.35. The Bertz CT molecular complexity index is 710. The fraction of sp³-hybridized carbons (Fsp3) is 0.133. The molecule has 1 aliphatic carbocycles. The minimum atomic E-state index is 1.10. The third-order valence-corrected chi connectivity index (χ3v) is 3.59. The van der Waals surface area contributed by atoms with Gasteiger partial charge in [0.15, 0.2) is 0 Å². The van der Waals surface area contributed by atoms with Crippen LogP contribution >= 0.6 is 0 Å². The molecule has 0 unspecified atom stereocenters. The molecule has 1 aromatic carbocycles. The number of pyridine rings is 1. The van der Waals surface area contributed by atoms with Crippen LogP contribution in [0.25, 0.3) is 22.3 Å². The van der Waals surface area contributed by atoms with Crippen LogP contribution in [0.3, 0.4) is 0 Å². The van der Waals surface area contributed by atoms with Gasteiger partial charge in [-0.15, -0.1) is 0 Å². The van der Waals surface area contributed by atoms with Gasteiger partial charge in [0.05, 0.1) is 11.4 Å². The monoisotopic (exact) mass is 220 g/mol. The number of hydrogen-bond donors (Lipinski definition) is 1. The van der Waals surface area contributed by atoms with E-state index in [1.54, 1.807) is 0 Å². The number of nitrogens with zero attached hydrogens (tertiary/aromatic N) is 1. The maximum absolute atomic E-state index is 4.52. The van der Waals surface area contributed by atoms with Crippen LogP contribution in [-0.2, 0) is 12.8 Å². The number of rotatable bonds is 0. The van der Waals surface area contributed by atoms with Crippen molar-refractivity contribution in [2.75, 3.05) is 0 Å². The van der Waals surface area contributed by atoms with E-state index >= 15 is 0 Å². The molecule has 0 radical (unpaired) electrons. The Morgan fingerprint density at radius 3 is 2.94 bits per heavy atom. The second-order valence-corrected chi connectivity index (χ2v) is 4.54. The Morgan fingerprint density at radius 2 is 1.94 bits per heavy atom. The van der Waals surface area contributed by atoms with Gasteiger partial charge in [-0.1, -0.05) is 24.3 Å². The number of aromatic nitrogens is 2. The van der Waals surface area contributed by atoms with Crippen LogP contribution in [0.15, 0.2) is 42.6 Å². The first kappa shape index (κ1) is 8.99. The molecular formula is C15H12N2. The van der Waals surface area contributed by atoms with Crippen LogP contribution in [0.4, 0.5) is 0 Å². The van der Waals surface area contributed by atoms with Crippen molar-refractivity contribution in [1.29, 1.82) is 0 Å². The first-order chi connectivity index (χ1) is 8.43. The van der Waals surface area contributed by atoms with Gasteiger partial charge in [-0.05, 0) is 36.1 Å². The summed E-state index contributed by atoms with van der Waals surface area (Å²) < 4.78 is 0. The average Bonchev–Trinajstić information content (AvgIpc) is 2.78. The fourth-order valence-corrected chi connectivity index (χ4v) is 2.79. The molecule has 0 fully saturated rings. The summed E-state index contributed by atoms with van der Waals surface area (Å²) in [6, 6.07) is 12.7. The molecule has 0 bridgehead atoms. The summed E-state index contributed by atoms with van der Waals surface area (Å²) >= 11 is 0. The average molecular weight is 220 g/mol. The zero-order chi connectivity index (χ0) is 11.2. The lowest BCUT2D eigenvalue weighted by molar-refractivity contribution is 0.932. The number of para-hydroxylation sites is 1. The Kier molecular flexibility index (Phi) is 1.69. The molecule has 0 amide bonds. The van der Waals surface area contributed by atoms with Crippen molar-refractivity contribution < 1.29 is 0 Å². The summed E-state index contributed by atoms with van der Waals surface area (Å²) in [4.78, 5) is 8.03. The van der Waals surface area contributed by atoms with Crippen LogP contribution in [0.2, 0.25) is 0 Å². The van der Waals surface area contributed by atoms with Crippen molar-refractivity contribution in [1.82, 2.24) is 9.97 Å². The topological polar surface area (TPSA) is 28.7 Å². The van der Waals surface area contributed by atoms with E-state index in [9.17, 15) is 0 Å². The molecule has 82 valence electrons. The second-order valence-electron chi connectivity index (χ2n) is 4.54. The smallest absolute Gasteiger partial charge is 0.0899 e. The van der Waals surface area contributed by atoms with E-state index in [0.717, 1.165) is 18.5 Å². The van der Waals surface area contributed by atoms with Gasteiger partial charge in [-0.25, -0.2) is 0 Å². The molecular weight excluding hydrogens is 208 g/mol. The molecule has 3 aromatic rings. The Hall–Kier alpha value is -2.09. The van der Waals surface area contributed by atoms with E-state index in [2.05, 4.69) is 40.3 Å². The zero-order valence-electron chi connectivity index (χ0n) is 9.40. The highest BCUT2D eigenvalue weighted by molar-refractivity contribution is 5.91. The van der Waals surface area contributed by atoms with Crippen LogP contribution < -0.4 is 0 Å².